The van der Waals surface area contributed by atoms with Crippen molar-refractivity contribution in [2.75, 3.05) is 42.3 Å². The highest BCUT2D eigenvalue weighted by Crippen LogP contribution is 2.46. The van der Waals surface area contributed by atoms with Gasteiger partial charge in [-0.15, -0.1) is 0 Å². The van der Waals surface area contributed by atoms with Crippen molar-refractivity contribution in [3.63, 3.8) is 0 Å². The molecule has 12 nitrogen and oxygen atoms in total. The monoisotopic (exact) mass is 760 g/mol. The summed E-state index contributed by atoms with van der Waals surface area (Å²) in [7, 11) is 5.55. The van der Waals surface area contributed by atoms with E-state index in [1.54, 1.807) is 30.9 Å². The summed E-state index contributed by atoms with van der Waals surface area (Å²) in [5.74, 6) is 1.63. The van der Waals surface area contributed by atoms with Gasteiger partial charge in [-0.2, -0.15) is 10.1 Å². The lowest BCUT2D eigenvalue weighted by atomic mass is 9.72. The van der Waals surface area contributed by atoms with Crippen LogP contribution >= 0.6 is 11.6 Å². The van der Waals surface area contributed by atoms with Crippen LogP contribution in [0.5, 0.6) is 5.75 Å². The fraction of sp³-hybridized carbons (Fsp3) is 0.381. The third kappa shape index (κ3) is 7.11. The lowest BCUT2D eigenvalue weighted by molar-refractivity contribution is 0.208. The molecule has 4 N–H and O–H groups in total. The molecule has 3 aliphatic rings. The van der Waals surface area contributed by atoms with Gasteiger partial charge in [0.25, 0.3) is 5.56 Å². The van der Waals surface area contributed by atoms with Crippen LogP contribution in [0.4, 0.5) is 23.1 Å². The van der Waals surface area contributed by atoms with Crippen LogP contribution in [0.25, 0.3) is 21.8 Å². The van der Waals surface area contributed by atoms with Crippen molar-refractivity contribution in [3.05, 3.63) is 107 Å². The average Bonchev–Trinajstić information content (AvgIpc) is 3.75. The van der Waals surface area contributed by atoms with E-state index in [0.717, 1.165) is 103 Å². The molecular weight excluding hydrogens is 712 g/mol. The molecule has 13 heteroatoms. The average molecular weight is 761 g/mol. The van der Waals surface area contributed by atoms with Crippen LogP contribution in [0, 0.1) is 5.41 Å². The maximum absolute atomic E-state index is 12.9. The van der Waals surface area contributed by atoms with Crippen LogP contribution in [0.1, 0.15) is 56.6 Å². The topological polar surface area (TPSA) is 126 Å². The Balaban J connectivity index is 0.926. The summed E-state index contributed by atoms with van der Waals surface area (Å²) in [6.07, 6.45) is 9.14. The summed E-state index contributed by atoms with van der Waals surface area (Å²) < 4.78 is 9.39. The van der Waals surface area contributed by atoms with Crippen LogP contribution in [0.2, 0.25) is 5.02 Å². The summed E-state index contributed by atoms with van der Waals surface area (Å²) in [4.78, 5) is 24.8. The summed E-state index contributed by atoms with van der Waals surface area (Å²) >= 11 is 6.64. The Morgan fingerprint density at radius 3 is 2.71 bits per heavy atom. The first-order chi connectivity index (χ1) is 26.5. The van der Waals surface area contributed by atoms with Gasteiger partial charge >= 0.3 is 0 Å². The summed E-state index contributed by atoms with van der Waals surface area (Å²) in [6.45, 7) is 14.3. The Hall–Kier alpha value is -5.49. The Morgan fingerprint density at radius 2 is 1.93 bits per heavy atom. The molecule has 1 spiro atoms. The number of para-hydroxylation sites is 1. The van der Waals surface area contributed by atoms with Gasteiger partial charge in [0.05, 0.1) is 28.6 Å². The second-order valence-corrected chi connectivity index (χ2v) is 15.8. The van der Waals surface area contributed by atoms with Crippen molar-refractivity contribution < 1.29 is 4.74 Å². The normalized spacial score (nSPS) is 21.3. The van der Waals surface area contributed by atoms with Gasteiger partial charge in [-0.25, -0.2) is 4.98 Å². The molecule has 0 amide bonds. The minimum absolute atomic E-state index is 0.168. The van der Waals surface area contributed by atoms with Gasteiger partial charge in [0, 0.05) is 79.7 Å². The second kappa shape index (κ2) is 14.6. The van der Waals surface area contributed by atoms with Gasteiger partial charge in [-0.3, -0.25) is 9.48 Å². The third-order valence-electron chi connectivity index (χ3n) is 11.8. The Kier molecular flexibility index (Phi) is 9.71. The molecule has 1 atom stereocenters. The van der Waals surface area contributed by atoms with Gasteiger partial charge in [0.2, 0.25) is 5.95 Å². The quantitative estimate of drug-likeness (QED) is 0.114. The van der Waals surface area contributed by atoms with Crippen LogP contribution < -0.4 is 36.5 Å². The molecule has 3 aromatic heterocycles. The standard InChI is InChI=1S/C42H49ClN10O2/c1-25-10-12-31(27(3)46-25)37-32-8-7-9-34(38(32)52(6)50-37)47-29-14-16-42(17-15-29)18-19-53(24-42)41-45-22-33(43)39(49-41)48-30-11-13-35-28(20-30)21-36(40(54)51(35)5)55-23-26(2)44-4/h7-9,11,13,20-22,29,31,44,46-47H,1-3,10,12,14-19,23-24H2,4-6H3,(H,45,48,49). The number of anilines is 4. The predicted molar refractivity (Wildman–Crippen MR) is 222 cm³/mol. The van der Waals surface area contributed by atoms with Gasteiger partial charge < -0.3 is 35.5 Å². The van der Waals surface area contributed by atoms with E-state index in [1.807, 2.05) is 29.9 Å². The van der Waals surface area contributed by atoms with Crippen molar-refractivity contribution in [1.82, 2.24) is 34.9 Å². The first-order valence-corrected chi connectivity index (χ1v) is 19.4. The number of nitrogens with zero attached hydrogens (tertiary/aromatic N) is 6. The van der Waals surface area contributed by atoms with Gasteiger partial charge in [-0.1, -0.05) is 43.5 Å². The number of ether oxygens (including phenoxy) is 1. The number of allylic oxidation sites excluding steroid dienone is 2. The summed E-state index contributed by atoms with van der Waals surface area (Å²) in [5.41, 5.74) is 7.63. The predicted octanol–water partition coefficient (Wildman–Crippen LogP) is 7.47. The van der Waals surface area contributed by atoms with E-state index < -0.39 is 0 Å². The van der Waals surface area contributed by atoms with Crippen molar-refractivity contribution in [3.8, 4) is 5.75 Å². The Bertz CT molecular complexity index is 2390. The van der Waals surface area contributed by atoms with Gasteiger partial charge in [-0.05, 0) is 80.7 Å². The van der Waals surface area contributed by atoms with E-state index in [9.17, 15) is 4.79 Å². The first-order valence-electron chi connectivity index (χ1n) is 19.0. The molecule has 8 rings (SSSR count). The Labute approximate surface area is 326 Å². The number of rotatable bonds is 10. The van der Waals surface area contributed by atoms with E-state index >= 15 is 0 Å². The number of hydrogen-bond donors (Lipinski definition) is 4. The molecular formula is C42H49ClN10O2. The number of benzene rings is 2. The molecule has 5 aromatic rings. The minimum Gasteiger partial charge on any atom is -0.482 e. The highest BCUT2D eigenvalue weighted by atomic mass is 35.5. The lowest BCUT2D eigenvalue weighted by Gasteiger charge is -2.37. The number of halogens is 1. The van der Waals surface area contributed by atoms with Crippen molar-refractivity contribution in [2.45, 2.75) is 56.9 Å². The molecule has 0 radical (unpaired) electrons. The molecule has 1 aliphatic carbocycles. The van der Waals surface area contributed by atoms with Crippen LogP contribution in [0.15, 0.2) is 90.3 Å². The van der Waals surface area contributed by atoms with E-state index in [-0.39, 0.29) is 29.2 Å². The zero-order valence-electron chi connectivity index (χ0n) is 31.8. The zero-order chi connectivity index (χ0) is 38.4. The van der Waals surface area contributed by atoms with Crippen LogP contribution in [-0.2, 0) is 14.1 Å². The van der Waals surface area contributed by atoms with E-state index in [1.165, 1.54) is 5.39 Å². The molecule has 2 saturated heterocycles. The molecule has 286 valence electrons. The fourth-order valence-electron chi connectivity index (χ4n) is 8.62. The van der Waals surface area contributed by atoms with E-state index in [4.69, 9.17) is 26.4 Å². The number of aryl methyl sites for hydroxylation is 2. The highest BCUT2D eigenvalue weighted by molar-refractivity contribution is 6.33. The number of aromatic nitrogens is 5. The third-order valence-corrected chi connectivity index (χ3v) is 12.1. The number of likely N-dealkylation sites (N-methyl/N-ethyl adjacent to an activating group) is 1. The second-order valence-electron chi connectivity index (χ2n) is 15.4. The number of piperidine rings is 1. The number of hydrogen-bond acceptors (Lipinski definition) is 10. The van der Waals surface area contributed by atoms with Crippen molar-refractivity contribution >= 4 is 56.5 Å². The van der Waals surface area contributed by atoms with Crippen molar-refractivity contribution in [1.29, 1.82) is 0 Å². The summed E-state index contributed by atoms with van der Waals surface area (Å²) in [5, 5.41) is 21.1. The lowest BCUT2D eigenvalue weighted by Crippen LogP contribution is -2.36. The number of fused-ring (bicyclic) bond motifs is 2. The van der Waals surface area contributed by atoms with Crippen LogP contribution in [0.3, 0.4) is 0 Å². The maximum atomic E-state index is 12.9. The Morgan fingerprint density at radius 1 is 1.11 bits per heavy atom. The smallest absolute Gasteiger partial charge is 0.293 e. The van der Waals surface area contributed by atoms with E-state index in [2.05, 4.69) is 69.1 Å². The molecule has 5 heterocycles. The highest BCUT2D eigenvalue weighted by Gasteiger charge is 2.42. The summed E-state index contributed by atoms with van der Waals surface area (Å²) in [6, 6.07) is 14.4. The SMILES string of the molecule is C=C(COc1cc2cc(Nc3nc(N4CCC5(CCC(Nc6cccc7c(C8CCC(=C)NC8=C)nn(C)c67)CC5)C4)ncc3Cl)ccc2n(C)c1=O)NC. The van der Waals surface area contributed by atoms with Crippen LogP contribution in [-0.4, -0.2) is 57.1 Å². The van der Waals surface area contributed by atoms with Gasteiger partial charge in [0.1, 0.15) is 11.6 Å². The largest absolute Gasteiger partial charge is 0.482 e. The molecule has 1 unspecified atom stereocenters. The molecule has 2 aliphatic heterocycles. The number of pyridine rings is 1. The molecule has 1 saturated carbocycles. The molecule has 2 aromatic carbocycles. The first kappa shape index (κ1) is 36.5. The maximum Gasteiger partial charge on any atom is 0.293 e. The van der Waals surface area contributed by atoms with Gasteiger partial charge in [0.15, 0.2) is 11.6 Å². The molecule has 0 bridgehead atoms. The minimum atomic E-state index is -0.211. The van der Waals surface area contributed by atoms with E-state index in [0.29, 0.717) is 28.5 Å². The molecule has 3 fully saturated rings. The molecule has 55 heavy (non-hydrogen) atoms. The van der Waals surface area contributed by atoms with Crippen molar-refractivity contribution in [2.24, 2.45) is 19.5 Å². The zero-order valence-corrected chi connectivity index (χ0v) is 32.6. The fourth-order valence-corrected chi connectivity index (χ4v) is 8.76. The number of nitrogens with one attached hydrogen (secondary N) is 4.